The second-order valence-electron chi connectivity index (χ2n) is 6.96. The van der Waals surface area contributed by atoms with Crippen molar-refractivity contribution in [3.8, 4) is 0 Å². The molecule has 5 heteroatoms. The van der Waals surface area contributed by atoms with E-state index in [1.807, 2.05) is 46.4 Å². The lowest BCUT2D eigenvalue weighted by atomic mass is 10.0. The van der Waals surface area contributed by atoms with Gasteiger partial charge >= 0.3 is 6.09 Å². The van der Waals surface area contributed by atoms with E-state index in [2.05, 4.69) is 0 Å². The first kappa shape index (κ1) is 15.2. The average molecular weight is 257 g/mol. The lowest BCUT2D eigenvalue weighted by molar-refractivity contribution is -0.00619. The van der Waals surface area contributed by atoms with Gasteiger partial charge in [-0.3, -0.25) is 10.7 Å². The fourth-order valence-corrected chi connectivity index (χ4v) is 2.26. The zero-order chi connectivity index (χ0) is 14.1. The summed E-state index contributed by atoms with van der Waals surface area (Å²) in [6.45, 7) is 13.2. The van der Waals surface area contributed by atoms with Gasteiger partial charge in [-0.1, -0.05) is 0 Å². The molecule has 2 N–H and O–H groups in total. The first-order valence-electron chi connectivity index (χ1n) is 6.52. The van der Waals surface area contributed by atoms with Gasteiger partial charge in [0, 0.05) is 18.6 Å². The molecular formula is C13H27N3O2. The lowest BCUT2D eigenvalue weighted by Gasteiger charge is -2.40. The summed E-state index contributed by atoms with van der Waals surface area (Å²) in [7, 11) is 0. The maximum absolute atomic E-state index is 12.3. The first-order chi connectivity index (χ1) is 8.00. The maximum Gasteiger partial charge on any atom is 0.411 e. The highest BCUT2D eigenvalue weighted by Gasteiger charge is 2.38. The van der Waals surface area contributed by atoms with Crippen LogP contribution in [0.1, 0.15) is 48.0 Å². The fraction of sp³-hybridized carbons (Fsp3) is 0.923. The van der Waals surface area contributed by atoms with Gasteiger partial charge in [0.25, 0.3) is 0 Å². The number of hydrogen-bond acceptors (Lipinski definition) is 4. The van der Waals surface area contributed by atoms with Gasteiger partial charge in [-0.05, 0) is 48.0 Å². The number of carbonyl (C=O) groups excluding carboxylic acids is 1. The molecule has 1 aliphatic rings. The van der Waals surface area contributed by atoms with Crippen LogP contribution in [0, 0.1) is 0 Å². The Morgan fingerprint density at radius 3 is 2.17 bits per heavy atom. The molecule has 0 aromatic heterocycles. The summed E-state index contributed by atoms with van der Waals surface area (Å²) in [5.41, 5.74) is -0.736. The van der Waals surface area contributed by atoms with Gasteiger partial charge in [0.15, 0.2) is 0 Å². The Kier molecular flexibility index (Phi) is 4.28. The molecule has 5 nitrogen and oxygen atoms in total. The molecule has 1 saturated heterocycles. The van der Waals surface area contributed by atoms with E-state index < -0.39 is 5.60 Å². The van der Waals surface area contributed by atoms with E-state index in [1.165, 1.54) is 0 Å². The van der Waals surface area contributed by atoms with Crippen LogP contribution in [-0.2, 0) is 4.74 Å². The van der Waals surface area contributed by atoms with Gasteiger partial charge in [0.1, 0.15) is 5.60 Å². The summed E-state index contributed by atoms with van der Waals surface area (Å²) in [6.07, 6.45) is 0.641. The molecule has 0 spiro atoms. The van der Waals surface area contributed by atoms with Crippen LogP contribution in [0.5, 0.6) is 0 Å². The number of hydrogen-bond donors (Lipinski definition) is 1. The molecule has 1 fully saturated rings. The monoisotopic (exact) mass is 257 g/mol. The summed E-state index contributed by atoms with van der Waals surface area (Å²) < 4.78 is 5.50. The second-order valence-corrected chi connectivity index (χ2v) is 6.96. The van der Waals surface area contributed by atoms with Crippen molar-refractivity contribution in [3.05, 3.63) is 0 Å². The molecule has 1 amide bonds. The third-order valence-electron chi connectivity index (χ3n) is 2.87. The van der Waals surface area contributed by atoms with E-state index in [1.54, 1.807) is 5.01 Å². The zero-order valence-corrected chi connectivity index (χ0v) is 12.5. The van der Waals surface area contributed by atoms with Crippen LogP contribution >= 0.6 is 0 Å². The van der Waals surface area contributed by atoms with Gasteiger partial charge < -0.3 is 4.74 Å². The van der Waals surface area contributed by atoms with Gasteiger partial charge in [0.05, 0.1) is 6.04 Å². The minimum atomic E-state index is -0.471. The Morgan fingerprint density at radius 2 is 1.83 bits per heavy atom. The third kappa shape index (κ3) is 4.14. The number of ether oxygens (including phenoxy) is 1. The third-order valence-corrected chi connectivity index (χ3v) is 2.87. The second kappa shape index (κ2) is 5.05. The van der Waals surface area contributed by atoms with Gasteiger partial charge in [0.2, 0.25) is 0 Å². The van der Waals surface area contributed by atoms with E-state index in [9.17, 15) is 4.79 Å². The Morgan fingerprint density at radius 1 is 1.28 bits per heavy atom. The van der Waals surface area contributed by atoms with Crippen LogP contribution in [0.3, 0.4) is 0 Å². The molecule has 1 rings (SSSR count). The predicted octanol–water partition coefficient (Wildman–Crippen LogP) is 1.97. The van der Waals surface area contributed by atoms with E-state index in [0.717, 1.165) is 13.0 Å². The van der Waals surface area contributed by atoms with Crippen LogP contribution in [0.2, 0.25) is 0 Å². The lowest BCUT2D eigenvalue weighted by Crippen LogP contribution is -2.54. The highest BCUT2D eigenvalue weighted by atomic mass is 16.6. The molecule has 1 heterocycles. The van der Waals surface area contributed by atoms with E-state index in [4.69, 9.17) is 10.6 Å². The highest BCUT2D eigenvalue weighted by Crippen LogP contribution is 2.25. The predicted molar refractivity (Wildman–Crippen MR) is 72.0 cm³/mol. The summed E-state index contributed by atoms with van der Waals surface area (Å²) in [5, 5.41) is 1.76. The van der Waals surface area contributed by atoms with E-state index >= 15 is 0 Å². The standard InChI is InChI=1S/C13H27N3O2/c1-12(2,3)16(10-7-8-15(14)9-10)11(17)18-13(4,5)6/h10H,7-9,14H2,1-6H3. The Hall–Kier alpha value is -0.810. The Labute approximate surface area is 110 Å². The molecule has 0 aromatic carbocycles. The van der Waals surface area contributed by atoms with Gasteiger partial charge in [-0.15, -0.1) is 0 Å². The Balaban J connectivity index is 2.83. The summed E-state index contributed by atoms with van der Waals surface area (Å²) in [6, 6.07) is 0.129. The SMILES string of the molecule is CC(C)(C)OC(=O)N(C1CCN(N)C1)C(C)(C)C. The molecule has 18 heavy (non-hydrogen) atoms. The van der Waals surface area contributed by atoms with Crippen molar-refractivity contribution in [3.63, 3.8) is 0 Å². The number of carbonyl (C=O) groups is 1. The maximum atomic E-state index is 12.3. The largest absolute Gasteiger partial charge is 0.444 e. The summed E-state index contributed by atoms with van der Waals surface area (Å²) >= 11 is 0. The van der Waals surface area contributed by atoms with Crippen LogP contribution in [0.15, 0.2) is 0 Å². The average Bonchev–Trinajstić information content (AvgIpc) is 2.45. The molecule has 1 aliphatic heterocycles. The smallest absolute Gasteiger partial charge is 0.411 e. The topological polar surface area (TPSA) is 58.8 Å². The summed E-state index contributed by atoms with van der Waals surface area (Å²) in [4.78, 5) is 14.2. The number of amides is 1. The molecule has 0 aliphatic carbocycles. The van der Waals surface area contributed by atoms with E-state index in [-0.39, 0.29) is 17.7 Å². The fourth-order valence-electron chi connectivity index (χ4n) is 2.26. The van der Waals surface area contributed by atoms with Crippen LogP contribution in [0.25, 0.3) is 0 Å². The van der Waals surface area contributed by atoms with Crippen molar-refractivity contribution in [2.75, 3.05) is 13.1 Å². The van der Waals surface area contributed by atoms with Crippen molar-refractivity contribution >= 4 is 6.09 Å². The molecule has 106 valence electrons. The highest BCUT2D eigenvalue weighted by molar-refractivity contribution is 5.69. The van der Waals surface area contributed by atoms with E-state index in [0.29, 0.717) is 6.54 Å². The molecule has 0 radical (unpaired) electrons. The number of nitrogens with zero attached hydrogens (tertiary/aromatic N) is 2. The molecule has 0 aromatic rings. The Bertz CT molecular complexity index is 304. The minimum Gasteiger partial charge on any atom is -0.444 e. The van der Waals surface area contributed by atoms with Crippen molar-refractivity contribution in [2.24, 2.45) is 5.84 Å². The number of rotatable bonds is 1. The normalized spacial score (nSPS) is 22.1. The molecule has 1 unspecified atom stereocenters. The van der Waals surface area contributed by atoms with Gasteiger partial charge in [-0.2, -0.15) is 0 Å². The quantitative estimate of drug-likeness (QED) is 0.730. The summed E-state index contributed by atoms with van der Waals surface area (Å²) in [5.74, 6) is 5.79. The number of nitrogens with two attached hydrogens (primary N) is 1. The van der Waals surface area contributed by atoms with Crippen molar-refractivity contribution in [1.82, 2.24) is 9.91 Å². The minimum absolute atomic E-state index is 0.129. The molecule has 1 atom stereocenters. The van der Waals surface area contributed by atoms with Crippen LogP contribution in [0.4, 0.5) is 4.79 Å². The van der Waals surface area contributed by atoms with Crippen LogP contribution < -0.4 is 5.84 Å². The van der Waals surface area contributed by atoms with Crippen molar-refractivity contribution in [2.45, 2.75) is 65.1 Å². The molecular weight excluding hydrogens is 230 g/mol. The first-order valence-corrected chi connectivity index (χ1v) is 6.52. The van der Waals surface area contributed by atoms with Crippen molar-refractivity contribution in [1.29, 1.82) is 0 Å². The van der Waals surface area contributed by atoms with Gasteiger partial charge in [-0.25, -0.2) is 9.80 Å². The van der Waals surface area contributed by atoms with Crippen molar-refractivity contribution < 1.29 is 9.53 Å². The number of hydrazine groups is 1. The van der Waals surface area contributed by atoms with Crippen LogP contribution in [-0.4, -0.2) is 46.3 Å². The molecule has 0 saturated carbocycles. The molecule has 0 bridgehead atoms. The zero-order valence-electron chi connectivity index (χ0n) is 12.5.